The fraction of sp³-hybridized carbons (Fsp3) is 1.00. The van der Waals surface area contributed by atoms with Gasteiger partial charge in [0.1, 0.15) is 0 Å². The molecule has 1 atom stereocenters. The third kappa shape index (κ3) is 5.50. The first-order valence-electron chi connectivity index (χ1n) is 6.17. The van der Waals surface area contributed by atoms with Crippen molar-refractivity contribution in [1.29, 1.82) is 0 Å². The molecule has 1 rings (SSSR count). The van der Waals surface area contributed by atoms with Gasteiger partial charge in [0.15, 0.2) is 0 Å². The summed E-state index contributed by atoms with van der Waals surface area (Å²) in [4.78, 5) is 2.44. The van der Waals surface area contributed by atoms with Crippen LogP contribution in [-0.2, 0) is 4.74 Å². The molecular weight excluding hydrogens is 188 g/mol. The van der Waals surface area contributed by atoms with E-state index in [2.05, 4.69) is 25.7 Å². The molecule has 1 aliphatic rings. The second-order valence-corrected chi connectivity index (χ2v) is 5.20. The molecule has 90 valence electrons. The second kappa shape index (κ2) is 6.46. The van der Waals surface area contributed by atoms with Crippen molar-refractivity contribution >= 4 is 0 Å². The van der Waals surface area contributed by atoms with E-state index in [9.17, 15) is 0 Å². The van der Waals surface area contributed by atoms with E-state index in [1.165, 1.54) is 12.8 Å². The molecule has 0 aliphatic carbocycles. The molecule has 15 heavy (non-hydrogen) atoms. The van der Waals surface area contributed by atoms with Gasteiger partial charge in [-0.1, -0.05) is 13.8 Å². The van der Waals surface area contributed by atoms with Gasteiger partial charge in [-0.05, 0) is 25.7 Å². The van der Waals surface area contributed by atoms with Crippen molar-refractivity contribution in [3.05, 3.63) is 0 Å². The lowest BCUT2D eigenvalue weighted by molar-refractivity contribution is -0.00501. The molecular formula is C12H26N2O. The quantitative estimate of drug-likeness (QED) is 0.753. The third-order valence-corrected chi connectivity index (χ3v) is 2.75. The first-order valence-corrected chi connectivity index (χ1v) is 6.17. The summed E-state index contributed by atoms with van der Waals surface area (Å²) in [6.45, 7) is 10.7. The van der Waals surface area contributed by atoms with E-state index in [0.717, 1.165) is 26.2 Å². The number of hydrogen-bond acceptors (Lipinski definition) is 3. The van der Waals surface area contributed by atoms with Crippen molar-refractivity contribution < 1.29 is 4.74 Å². The van der Waals surface area contributed by atoms with Crippen molar-refractivity contribution in [3.8, 4) is 0 Å². The Hall–Kier alpha value is -0.120. The Morgan fingerprint density at radius 3 is 2.33 bits per heavy atom. The summed E-state index contributed by atoms with van der Waals surface area (Å²) in [7, 11) is 0. The van der Waals surface area contributed by atoms with Crippen LogP contribution in [0.2, 0.25) is 0 Å². The fourth-order valence-corrected chi connectivity index (χ4v) is 1.99. The van der Waals surface area contributed by atoms with Crippen LogP contribution in [0.15, 0.2) is 0 Å². The van der Waals surface area contributed by atoms with Gasteiger partial charge in [0.2, 0.25) is 0 Å². The minimum absolute atomic E-state index is 0.290. The molecule has 3 nitrogen and oxygen atoms in total. The van der Waals surface area contributed by atoms with Gasteiger partial charge in [-0.15, -0.1) is 0 Å². The number of rotatable bonds is 5. The molecule has 1 fully saturated rings. The lowest BCUT2D eigenvalue weighted by Gasteiger charge is -2.33. The van der Waals surface area contributed by atoms with E-state index in [1.54, 1.807) is 0 Å². The zero-order valence-electron chi connectivity index (χ0n) is 10.4. The summed E-state index contributed by atoms with van der Waals surface area (Å²) in [5.41, 5.74) is 5.78. The van der Waals surface area contributed by atoms with Gasteiger partial charge in [0.05, 0.1) is 6.10 Å². The monoisotopic (exact) mass is 214 g/mol. The molecule has 0 aromatic carbocycles. The van der Waals surface area contributed by atoms with Crippen LogP contribution in [0.25, 0.3) is 0 Å². The molecule has 0 radical (unpaired) electrons. The lowest BCUT2D eigenvalue weighted by atomic mass is 10.1. The molecule has 0 aromatic rings. The number of nitrogens with zero attached hydrogens (tertiary/aromatic N) is 1. The van der Waals surface area contributed by atoms with Gasteiger partial charge in [0, 0.05) is 32.3 Å². The van der Waals surface area contributed by atoms with Crippen molar-refractivity contribution in [2.45, 2.75) is 45.8 Å². The maximum atomic E-state index is 5.84. The minimum Gasteiger partial charge on any atom is -0.378 e. The lowest BCUT2D eigenvalue weighted by Crippen LogP contribution is -2.42. The number of piperidine rings is 1. The van der Waals surface area contributed by atoms with Crippen LogP contribution >= 0.6 is 0 Å². The van der Waals surface area contributed by atoms with Crippen molar-refractivity contribution in [2.24, 2.45) is 11.7 Å². The smallest absolute Gasteiger partial charge is 0.0599 e. The highest BCUT2D eigenvalue weighted by molar-refractivity contribution is 4.74. The van der Waals surface area contributed by atoms with E-state index in [4.69, 9.17) is 10.5 Å². The van der Waals surface area contributed by atoms with E-state index in [0.29, 0.717) is 12.0 Å². The Labute approximate surface area is 94.0 Å². The molecule has 1 heterocycles. The van der Waals surface area contributed by atoms with Crippen LogP contribution in [0, 0.1) is 5.92 Å². The first-order chi connectivity index (χ1) is 7.08. The highest BCUT2D eigenvalue weighted by Crippen LogP contribution is 2.14. The topological polar surface area (TPSA) is 38.5 Å². The van der Waals surface area contributed by atoms with E-state index in [1.807, 2.05) is 0 Å². The Balaban J connectivity index is 2.12. The van der Waals surface area contributed by atoms with Crippen LogP contribution < -0.4 is 5.73 Å². The molecule has 0 amide bonds. The summed E-state index contributed by atoms with van der Waals surface area (Å²) < 4.78 is 5.84. The van der Waals surface area contributed by atoms with Crippen molar-refractivity contribution in [2.75, 3.05) is 26.2 Å². The van der Waals surface area contributed by atoms with Crippen LogP contribution in [-0.4, -0.2) is 43.3 Å². The van der Waals surface area contributed by atoms with Crippen LogP contribution in [0.1, 0.15) is 33.6 Å². The Morgan fingerprint density at radius 2 is 1.87 bits per heavy atom. The number of likely N-dealkylation sites (tertiary alicyclic amines) is 1. The zero-order chi connectivity index (χ0) is 11.3. The maximum absolute atomic E-state index is 5.84. The summed E-state index contributed by atoms with van der Waals surface area (Å²) in [6.07, 6.45) is 2.82. The molecule has 2 N–H and O–H groups in total. The van der Waals surface area contributed by atoms with Gasteiger partial charge < -0.3 is 15.4 Å². The molecule has 1 saturated heterocycles. The normalized spacial score (nSPS) is 22.2. The standard InChI is InChI=1S/C12H26N2O/c1-10(2)9-15-12-4-6-14(7-5-12)8-11(3)13/h10-12H,4-9,13H2,1-3H3. The molecule has 0 aromatic heterocycles. The molecule has 0 spiro atoms. The fourth-order valence-electron chi connectivity index (χ4n) is 1.99. The minimum atomic E-state index is 0.290. The van der Waals surface area contributed by atoms with Crippen LogP contribution in [0.5, 0.6) is 0 Å². The number of ether oxygens (including phenoxy) is 1. The molecule has 1 aliphatic heterocycles. The number of nitrogens with two attached hydrogens (primary N) is 1. The zero-order valence-corrected chi connectivity index (χ0v) is 10.4. The molecule has 0 saturated carbocycles. The van der Waals surface area contributed by atoms with Crippen molar-refractivity contribution in [1.82, 2.24) is 4.90 Å². The third-order valence-electron chi connectivity index (χ3n) is 2.75. The largest absolute Gasteiger partial charge is 0.378 e. The second-order valence-electron chi connectivity index (χ2n) is 5.20. The SMILES string of the molecule is CC(C)COC1CCN(CC(C)N)CC1. The maximum Gasteiger partial charge on any atom is 0.0599 e. The van der Waals surface area contributed by atoms with Crippen molar-refractivity contribution in [3.63, 3.8) is 0 Å². The van der Waals surface area contributed by atoms with Gasteiger partial charge in [-0.2, -0.15) is 0 Å². The summed E-state index contributed by atoms with van der Waals surface area (Å²) >= 11 is 0. The summed E-state index contributed by atoms with van der Waals surface area (Å²) in [6, 6.07) is 0.290. The average molecular weight is 214 g/mol. The molecule has 1 unspecified atom stereocenters. The van der Waals surface area contributed by atoms with Crippen LogP contribution in [0.3, 0.4) is 0 Å². The molecule has 0 bridgehead atoms. The van der Waals surface area contributed by atoms with E-state index in [-0.39, 0.29) is 6.04 Å². The highest BCUT2D eigenvalue weighted by atomic mass is 16.5. The van der Waals surface area contributed by atoms with Gasteiger partial charge >= 0.3 is 0 Å². The summed E-state index contributed by atoms with van der Waals surface area (Å²) in [5, 5.41) is 0. The van der Waals surface area contributed by atoms with E-state index < -0.39 is 0 Å². The first kappa shape index (κ1) is 12.9. The molecule has 3 heteroatoms. The average Bonchev–Trinajstić information content (AvgIpc) is 2.16. The van der Waals surface area contributed by atoms with Gasteiger partial charge in [-0.3, -0.25) is 0 Å². The predicted molar refractivity (Wildman–Crippen MR) is 63.9 cm³/mol. The number of hydrogen-bond donors (Lipinski definition) is 1. The predicted octanol–water partition coefficient (Wildman–Crippen LogP) is 1.47. The Morgan fingerprint density at radius 1 is 1.27 bits per heavy atom. The van der Waals surface area contributed by atoms with Gasteiger partial charge in [-0.25, -0.2) is 0 Å². The van der Waals surface area contributed by atoms with Crippen LogP contribution in [0.4, 0.5) is 0 Å². The van der Waals surface area contributed by atoms with Gasteiger partial charge in [0.25, 0.3) is 0 Å². The van der Waals surface area contributed by atoms with E-state index >= 15 is 0 Å². The Bertz CT molecular complexity index is 163. The summed E-state index contributed by atoms with van der Waals surface area (Å²) in [5.74, 6) is 0.645. The Kier molecular flexibility index (Phi) is 5.58. The highest BCUT2D eigenvalue weighted by Gasteiger charge is 2.20.